The molecule has 2 aromatic carbocycles. The van der Waals surface area contributed by atoms with Gasteiger partial charge in [-0.2, -0.15) is 0 Å². The minimum absolute atomic E-state index is 0. The molecule has 0 spiro atoms. The van der Waals surface area contributed by atoms with Gasteiger partial charge in [0, 0.05) is 11.8 Å². The molecule has 2 rings (SSSR count). The van der Waals surface area contributed by atoms with E-state index in [1.165, 1.54) is 14.0 Å². The van der Waals surface area contributed by atoms with Crippen LogP contribution in [-0.2, 0) is 9.59 Å². The van der Waals surface area contributed by atoms with Crippen molar-refractivity contribution in [2.75, 3.05) is 12.4 Å². The van der Waals surface area contributed by atoms with E-state index in [4.69, 9.17) is 4.74 Å². The van der Waals surface area contributed by atoms with Crippen LogP contribution in [0.2, 0.25) is 0 Å². The summed E-state index contributed by atoms with van der Waals surface area (Å²) in [5, 5.41) is 23.2. The van der Waals surface area contributed by atoms with Crippen LogP contribution in [0.25, 0.3) is 0 Å². The van der Waals surface area contributed by atoms with Gasteiger partial charge >= 0.3 is 29.6 Å². The summed E-state index contributed by atoms with van der Waals surface area (Å²) in [5.41, 5.74) is 1.14. The standard InChI is InChI=1S/C18H19NO5S.Na/c1-11(20)19-14-5-3-4-6-15(14)25-17(16(21)18(22)23)12-7-9-13(24-2)10-8-12;/h3-10,16-17,21H,1-2H3,(H,19,20)(H,22,23);/q;+1/p-1. The van der Waals surface area contributed by atoms with Crippen LogP contribution in [0.3, 0.4) is 0 Å². The predicted octanol–water partition coefficient (Wildman–Crippen LogP) is -1.40. The fourth-order valence-corrected chi connectivity index (χ4v) is 3.44. The summed E-state index contributed by atoms with van der Waals surface area (Å²) in [6.45, 7) is 1.39. The quantitative estimate of drug-likeness (QED) is 0.451. The first-order valence-electron chi connectivity index (χ1n) is 7.48. The molecule has 0 bridgehead atoms. The number of nitrogens with one attached hydrogen (secondary N) is 1. The summed E-state index contributed by atoms with van der Waals surface area (Å²) in [7, 11) is 1.53. The molecule has 2 unspecified atom stereocenters. The van der Waals surface area contributed by atoms with Crippen LogP contribution in [0.4, 0.5) is 5.69 Å². The predicted molar refractivity (Wildman–Crippen MR) is 93.4 cm³/mol. The summed E-state index contributed by atoms with van der Waals surface area (Å²) in [4.78, 5) is 23.2. The molecule has 0 saturated carbocycles. The number of methoxy groups -OCH3 is 1. The molecular formula is C18H18NNaO5S. The Labute approximate surface area is 178 Å². The van der Waals surface area contributed by atoms with Gasteiger partial charge in [0.05, 0.1) is 24.0 Å². The number of hydrogen-bond acceptors (Lipinski definition) is 6. The van der Waals surface area contributed by atoms with Gasteiger partial charge in [0.25, 0.3) is 0 Å². The van der Waals surface area contributed by atoms with Gasteiger partial charge in [0.15, 0.2) is 0 Å². The number of carboxylic acid groups (broad SMARTS) is 1. The fourth-order valence-electron chi connectivity index (χ4n) is 2.23. The van der Waals surface area contributed by atoms with E-state index in [1.54, 1.807) is 48.5 Å². The monoisotopic (exact) mass is 383 g/mol. The molecule has 0 aliphatic carbocycles. The van der Waals surface area contributed by atoms with Crippen molar-refractivity contribution in [1.82, 2.24) is 0 Å². The second kappa shape index (κ2) is 10.6. The molecule has 0 heterocycles. The van der Waals surface area contributed by atoms with Crippen LogP contribution in [-0.4, -0.2) is 30.2 Å². The second-order valence-corrected chi connectivity index (χ2v) is 6.44. The van der Waals surface area contributed by atoms with Crippen molar-refractivity contribution < 1.29 is 54.1 Å². The zero-order valence-corrected chi connectivity index (χ0v) is 17.6. The molecule has 1 amide bonds. The number of hydrogen-bond donors (Lipinski definition) is 2. The average Bonchev–Trinajstić information content (AvgIpc) is 2.60. The molecular weight excluding hydrogens is 365 g/mol. The van der Waals surface area contributed by atoms with Gasteiger partial charge in [-0.3, -0.25) is 4.79 Å². The van der Waals surface area contributed by atoms with E-state index >= 15 is 0 Å². The van der Waals surface area contributed by atoms with E-state index in [2.05, 4.69) is 5.32 Å². The third kappa shape index (κ3) is 6.03. The first-order chi connectivity index (χ1) is 11.9. The molecule has 8 heteroatoms. The van der Waals surface area contributed by atoms with Gasteiger partial charge in [-0.1, -0.05) is 24.3 Å². The number of para-hydroxylation sites is 1. The Morgan fingerprint density at radius 2 is 1.77 bits per heavy atom. The largest absolute Gasteiger partial charge is 1.00 e. The van der Waals surface area contributed by atoms with Crippen LogP contribution in [0.5, 0.6) is 5.75 Å². The van der Waals surface area contributed by atoms with E-state index in [9.17, 15) is 19.8 Å². The molecule has 0 aliphatic heterocycles. The van der Waals surface area contributed by atoms with E-state index in [0.717, 1.165) is 11.8 Å². The third-order valence-corrected chi connectivity index (χ3v) is 4.82. The minimum atomic E-state index is -1.72. The molecule has 2 N–H and O–H groups in total. The number of aliphatic hydroxyl groups excluding tert-OH is 1. The number of amides is 1. The number of aliphatic carboxylic acids is 1. The summed E-state index contributed by atoms with van der Waals surface area (Å²) in [6, 6.07) is 13.7. The molecule has 0 aliphatic rings. The van der Waals surface area contributed by atoms with E-state index < -0.39 is 17.3 Å². The maximum Gasteiger partial charge on any atom is 1.00 e. The van der Waals surface area contributed by atoms with Crippen LogP contribution in [0, 0.1) is 0 Å². The summed E-state index contributed by atoms with van der Waals surface area (Å²) in [6.07, 6.45) is -1.72. The number of benzene rings is 2. The van der Waals surface area contributed by atoms with Gasteiger partial charge in [-0.25, -0.2) is 0 Å². The number of thioether (sulfide) groups is 1. The van der Waals surface area contributed by atoms with Gasteiger partial charge in [0.2, 0.25) is 5.91 Å². The Morgan fingerprint density at radius 3 is 2.31 bits per heavy atom. The molecule has 2 atom stereocenters. The second-order valence-electron chi connectivity index (χ2n) is 5.25. The van der Waals surface area contributed by atoms with Crippen molar-refractivity contribution in [2.24, 2.45) is 0 Å². The zero-order chi connectivity index (χ0) is 18.4. The Morgan fingerprint density at radius 1 is 1.15 bits per heavy atom. The van der Waals surface area contributed by atoms with Crippen molar-refractivity contribution in [2.45, 2.75) is 23.2 Å². The smallest absolute Gasteiger partial charge is 0.547 e. The van der Waals surface area contributed by atoms with E-state index in [0.29, 0.717) is 21.9 Å². The van der Waals surface area contributed by atoms with Crippen LogP contribution in [0.1, 0.15) is 17.7 Å². The number of carboxylic acids is 1. The Kier molecular flexibility index (Phi) is 9.18. The van der Waals surface area contributed by atoms with Gasteiger partial charge in [-0.05, 0) is 29.8 Å². The molecule has 0 saturated heterocycles. The van der Waals surface area contributed by atoms with E-state index in [-0.39, 0.29) is 35.5 Å². The van der Waals surface area contributed by atoms with Gasteiger partial charge < -0.3 is 25.1 Å². The molecule has 0 aromatic heterocycles. The number of carbonyl (C=O) groups excluding carboxylic acids is 2. The Bertz CT molecular complexity index is 754. The van der Waals surface area contributed by atoms with Crippen molar-refractivity contribution in [1.29, 1.82) is 0 Å². The number of ether oxygens (including phenoxy) is 1. The number of aliphatic hydroxyl groups is 1. The molecule has 2 aromatic rings. The van der Waals surface area contributed by atoms with Crippen LogP contribution < -0.4 is 44.7 Å². The van der Waals surface area contributed by atoms with Crippen molar-refractivity contribution in [3.8, 4) is 5.75 Å². The van der Waals surface area contributed by atoms with Gasteiger partial charge in [-0.15, -0.1) is 11.8 Å². The van der Waals surface area contributed by atoms with E-state index in [1.807, 2.05) is 0 Å². The minimum Gasteiger partial charge on any atom is -0.547 e. The first kappa shape index (κ1) is 22.5. The normalized spacial score (nSPS) is 12.4. The molecule has 132 valence electrons. The van der Waals surface area contributed by atoms with Gasteiger partial charge in [0.1, 0.15) is 11.9 Å². The van der Waals surface area contributed by atoms with Crippen LogP contribution >= 0.6 is 11.8 Å². The first-order valence-corrected chi connectivity index (χ1v) is 8.36. The Balaban J connectivity index is 0.00000338. The number of rotatable bonds is 7. The fraction of sp³-hybridized carbons (Fsp3) is 0.222. The summed E-state index contributed by atoms with van der Waals surface area (Å²) in [5.74, 6) is -1.19. The number of carbonyl (C=O) groups is 2. The third-order valence-electron chi connectivity index (χ3n) is 3.42. The molecule has 0 fully saturated rings. The Hall–Kier alpha value is -1.51. The molecule has 6 nitrogen and oxygen atoms in total. The number of anilines is 1. The van der Waals surface area contributed by atoms with Crippen molar-refractivity contribution in [3.05, 3.63) is 54.1 Å². The van der Waals surface area contributed by atoms with Crippen LogP contribution in [0.15, 0.2) is 53.4 Å². The topological polar surface area (TPSA) is 98.7 Å². The summed E-state index contributed by atoms with van der Waals surface area (Å²) < 4.78 is 5.09. The molecule has 26 heavy (non-hydrogen) atoms. The van der Waals surface area contributed by atoms with Crippen molar-refractivity contribution in [3.63, 3.8) is 0 Å². The maximum atomic E-state index is 11.3. The molecule has 0 radical (unpaired) electrons. The SMILES string of the molecule is COc1ccc(C(Sc2ccccc2NC(C)=O)C(O)C(=O)[O-])cc1.[Na+]. The summed E-state index contributed by atoms with van der Waals surface area (Å²) >= 11 is 1.13. The zero-order valence-electron chi connectivity index (χ0n) is 14.8. The maximum absolute atomic E-state index is 11.3. The average molecular weight is 383 g/mol. The van der Waals surface area contributed by atoms with Crippen molar-refractivity contribution >= 4 is 29.3 Å².